The molecule has 2 heterocycles. The maximum Gasteiger partial charge on any atom is 0.254 e. The Bertz CT molecular complexity index is 1310. The van der Waals surface area contributed by atoms with Gasteiger partial charge in [0.1, 0.15) is 0 Å². The van der Waals surface area contributed by atoms with Crippen molar-refractivity contribution in [1.82, 2.24) is 9.58 Å². The summed E-state index contributed by atoms with van der Waals surface area (Å²) in [6, 6.07) is 12.7. The maximum absolute atomic E-state index is 12.9. The van der Waals surface area contributed by atoms with Gasteiger partial charge in [-0.05, 0) is 68.5 Å². The van der Waals surface area contributed by atoms with E-state index in [0.717, 1.165) is 69.7 Å². The van der Waals surface area contributed by atoms with Crippen molar-refractivity contribution >= 4 is 41.2 Å². The Morgan fingerprint density at radius 2 is 1.56 bits per heavy atom. The van der Waals surface area contributed by atoms with Gasteiger partial charge in [-0.15, -0.1) is 0 Å². The SMILES string of the molecule is C=c1c2ccc(Nc3ccc4c(c3)CN(C(CC)CC)C4=O)cc2c(=C)n1NC(C)(CC)CC. The summed E-state index contributed by atoms with van der Waals surface area (Å²) in [6.07, 6.45) is 3.98. The molecular weight excluding hydrogens is 420 g/mol. The first-order valence-electron chi connectivity index (χ1n) is 12.6. The lowest BCUT2D eigenvalue weighted by atomic mass is 9.97. The van der Waals surface area contributed by atoms with Gasteiger partial charge in [-0.2, -0.15) is 0 Å². The zero-order valence-electron chi connectivity index (χ0n) is 21.3. The van der Waals surface area contributed by atoms with Crippen molar-refractivity contribution in [2.75, 3.05) is 10.7 Å². The van der Waals surface area contributed by atoms with Crippen LogP contribution in [0.1, 0.15) is 76.2 Å². The summed E-state index contributed by atoms with van der Waals surface area (Å²) in [6.45, 7) is 20.3. The first kappa shape index (κ1) is 23.9. The molecule has 0 fully saturated rings. The fourth-order valence-electron chi connectivity index (χ4n) is 4.94. The van der Waals surface area contributed by atoms with E-state index >= 15 is 0 Å². The monoisotopic (exact) mass is 458 g/mol. The smallest absolute Gasteiger partial charge is 0.254 e. The van der Waals surface area contributed by atoms with Crippen molar-refractivity contribution in [3.8, 4) is 0 Å². The van der Waals surface area contributed by atoms with Crippen LogP contribution >= 0.6 is 0 Å². The fourth-order valence-corrected chi connectivity index (χ4v) is 4.94. The molecule has 180 valence electrons. The molecule has 1 aliphatic rings. The minimum atomic E-state index is -0.0146. The summed E-state index contributed by atoms with van der Waals surface area (Å²) in [7, 11) is 0. The van der Waals surface area contributed by atoms with Crippen LogP contribution in [0.5, 0.6) is 0 Å². The highest BCUT2D eigenvalue weighted by Crippen LogP contribution is 2.30. The molecule has 0 aliphatic carbocycles. The molecule has 2 N–H and O–H groups in total. The van der Waals surface area contributed by atoms with Gasteiger partial charge < -0.3 is 15.6 Å². The quantitative estimate of drug-likeness (QED) is 0.447. The van der Waals surface area contributed by atoms with E-state index in [1.54, 1.807) is 0 Å². The molecule has 5 nitrogen and oxygen atoms in total. The van der Waals surface area contributed by atoms with E-state index in [2.05, 4.69) is 82.8 Å². The predicted octanol–water partition coefficient (Wildman–Crippen LogP) is 5.47. The molecule has 1 aromatic heterocycles. The highest BCUT2D eigenvalue weighted by molar-refractivity contribution is 5.99. The first-order chi connectivity index (χ1) is 16.2. The number of carbonyl (C=O) groups excluding carboxylic acids is 1. The van der Waals surface area contributed by atoms with Gasteiger partial charge >= 0.3 is 0 Å². The average molecular weight is 459 g/mol. The lowest BCUT2D eigenvalue weighted by Crippen LogP contribution is -2.46. The van der Waals surface area contributed by atoms with Crippen LogP contribution in [-0.4, -0.2) is 27.1 Å². The van der Waals surface area contributed by atoms with E-state index in [0.29, 0.717) is 12.6 Å². The largest absolute Gasteiger partial charge is 0.355 e. The molecule has 5 heteroatoms. The van der Waals surface area contributed by atoms with Crippen molar-refractivity contribution in [2.45, 2.75) is 78.4 Å². The summed E-state index contributed by atoms with van der Waals surface area (Å²) in [5, 5.41) is 7.55. The Morgan fingerprint density at radius 1 is 0.941 bits per heavy atom. The zero-order valence-corrected chi connectivity index (χ0v) is 21.3. The molecule has 0 saturated carbocycles. The Labute approximate surface area is 203 Å². The zero-order chi connectivity index (χ0) is 24.6. The number of benzene rings is 2. The highest BCUT2D eigenvalue weighted by atomic mass is 16.2. The van der Waals surface area contributed by atoms with E-state index in [4.69, 9.17) is 0 Å². The van der Waals surface area contributed by atoms with Crippen molar-refractivity contribution in [1.29, 1.82) is 0 Å². The molecule has 2 aromatic carbocycles. The molecule has 1 amide bonds. The van der Waals surface area contributed by atoms with Gasteiger partial charge in [0.25, 0.3) is 5.91 Å². The van der Waals surface area contributed by atoms with Crippen molar-refractivity contribution in [3.05, 3.63) is 58.2 Å². The molecule has 0 spiro atoms. The molecular formula is C29H38N4O. The van der Waals surface area contributed by atoms with Gasteiger partial charge in [0.2, 0.25) is 0 Å². The summed E-state index contributed by atoms with van der Waals surface area (Å²) >= 11 is 0. The van der Waals surface area contributed by atoms with Gasteiger partial charge in [0.05, 0.1) is 10.7 Å². The van der Waals surface area contributed by atoms with E-state index < -0.39 is 0 Å². The topological polar surface area (TPSA) is 49.3 Å². The number of anilines is 2. The molecule has 3 aromatic rings. The normalized spacial score (nSPS) is 13.7. The first-order valence-corrected chi connectivity index (χ1v) is 12.6. The number of hydrogen-bond donors (Lipinski definition) is 2. The van der Waals surface area contributed by atoms with E-state index in [1.165, 1.54) is 0 Å². The number of carbonyl (C=O) groups is 1. The van der Waals surface area contributed by atoms with Gasteiger partial charge in [0, 0.05) is 45.8 Å². The molecule has 0 unspecified atom stereocenters. The number of rotatable bonds is 9. The number of fused-ring (bicyclic) bond motifs is 2. The molecule has 0 radical (unpaired) electrons. The number of nitrogens with one attached hydrogen (secondary N) is 2. The van der Waals surface area contributed by atoms with E-state index in [9.17, 15) is 4.79 Å². The number of nitrogens with zero attached hydrogens (tertiary/aromatic N) is 2. The molecule has 34 heavy (non-hydrogen) atoms. The second kappa shape index (κ2) is 9.21. The van der Waals surface area contributed by atoms with Crippen LogP contribution in [0.2, 0.25) is 0 Å². The second-order valence-electron chi connectivity index (χ2n) is 9.77. The molecule has 0 bridgehead atoms. The number of hydrogen-bond acceptors (Lipinski definition) is 3. The molecule has 0 atom stereocenters. The van der Waals surface area contributed by atoms with Crippen molar-refractivity contribution in [2.24, 2.45) is 0 Å². The molecule has 4 rings (SSSR count). The molecule has 1 aliphatic heterocycles. The van der Waals surface area contributed by atoms with Gasteiger partial charge in [-0.3, -0.25) is 9.47 Å². The van der Waals surface area contributed by atoms with Crippen molar-refractivity contribution < 1.29 is 4.79 Å². The summed E-state index contributed by atoms with van der Waals surface area (Å²) in [5.74, 6) is 0.154. The van der Waals surface area contributed by atoms with Crippen LogP contribution in [0, 0.1) is 0 Å². The minimum Gasteiger partial charge on any atom is -0.355 e. The lowest BCUT2D eigenvalue weighted by molar-refractivity contribution is 0.0693. The Kier molecular flexibility index (Phi) is 6.48. The van der Waals surface area contributed by atoms with Crippen LogP contribution in [0.15, 0.2) is 36.4 Å². The van der Waals surface area contributed by atoms with Crippen LogP contribution < -0.4 is 21.4 Å². The fraction of sp³-hybridized carbons (Fsp3) is 0.414. The van der Waals surface area contributed by atoms with Crippen molar-refractivity contribution in [3.63, 3.8) is 0 Å². The summed E-state index contributed by atoms with van der Waals surface area (Å²) in [5.41, 5.74) is 7.52. The average Bonchev–Trinajstić information content (AvgIpc) is 3.28. The van der Waals surface area contributed by atoms with Gasteiger partial charge in [-0.1, -0.05) is 46.9 Å². The third kappa shape index (κ3) is 4.08. The Morgan fingerprint density at radius 3 is 2.21 bits per heavy atom. The molecule has 0 saturated heterocycles. The summed E-state index contributed by atoms with van der Waals surface area (Å²) in [4.78, 5) is 14.9. The third-order valence-corrected chi connectivity index (χ3v) is 7.73. The van der Waals surface area contributed by atoms with Crippen LogP contribution in [0.25, 0.3) is 23.9 Å². The van der Waals surface area contributed by atoms with Crippen LogP contribution in [0.4, 0.5) is 11.4 Å². The van der Waals surface area contributed by atoms with Gasteiger partial charge in [-0.25, -0.2) is 0 Å². The van der Waals surface area contributed by atoms with Crippen LogP contribution in [-0.2, 0) is 6.54 Å². The Hall–Kier alpha value is -3.21. The third-order valence-electron chi connectivity index (χ3n) is 7.73. The Balaban J connectivity index is 1.62. The second-order valence-corrected chi connectivity index (χ2v) is 9.77. The van der Waals surface area contributed by atoms with E-state index in [-0.39, 0.29) is 11.4 Å². The van der Waals surface area contributed by atoms with Crippen LogP contribution in [0.3, 0.4) is 0 Å². The maximum atomic E-state index is 12.9. The number of amides is 1. The standard InChI is InChI=1S/C29H38N4O/c1-8-24(9-2)32-18-21-16-22(13-15-26(21)28(32)34)30-23-12-14-25-19(5)33(20(6)27(25)17-23)31-29(7,10-3)11-4/h12-17,24,30-31H,5-6,8-11,18H2,1-4,7H3. The van der Waals surface area contributed by atoms with E-state index in [1.807, 2.05) is 21.7 Å². The number of aromatic nitrogens is 1. The highest BCUT2D eigenvalue weighted by Gasteiger charge is 2.31. The van der Waals surface area contributed by atoms with Gasteiger partial charge in [0.15, 0.2) is 0 Å². The summed E-state index contributed by atoms with van der Waals surface area (Å²) < 4.78 is 2.04. The lowest BCUT2D eigenvalue weighted by Gasteiger charge is -2.30. The predicted molar refractivity (Wildman–Crippen MR) is 145 cm³/mol. The minimum absolute atomic E-state index is 0.0146.